The van der Waals surface area contributed by atoms with E-state index in [1.54, 1.807) is 32.9 Å². The van der Waals surface area contributed by atoms with Crippen LogP contribution in [0.2, 0.25) is 0 Å². The van der Waals surface area contributed by atoms with E-state index in [9.17, 15) is 4.79 Å². The number of hydrogen-bond acceptors (Lipinski definition) is 4. The molecule has 0 N–H and O–H groups in total. The zero-order valence-electron chi connectivity index (χ0n) is 9.52. The van der Waals surface area contributed by atoms with Gasteiger partial charge in [-0.25, -0.2) is 4.79 Å². The average molecular weight is 222 g/mol. The van der Waals surface area contributed by atoms with Gasteiger partial charge in [-0.1, -0.05) is 12.1 Å². The Morgan fingerprint density at radius 1 is 1.19 bits per heavy atom. The highest BCUT2D eigenvalue weighted by Gasteiger charge is 2.34. The first-order valence-electron chi connectivity index (χ1n) is 5.11. The second-order valence-corrected chi connectivity index (χ2v) is 4.55. The molecule has 0 saturated carbocycles. The van der Waals surface area contributed by atoms with Crippen molar-refractivity contribution in [3.63, 3.8) is 0 Å². The predicted octanol–water partition coefficient (Wildman–Crippen LogP) is 2.13. The zero-order chi connectivity index (χ0) is 11.8. The van der Waals surface area contributed by atoms with Crippen LogP contribution in [0.5, 0.6) is 11.5 Å². The number of carbonyl (C=O) groups excluding carboxylic acids is 1. The number of fused-ring (bicyclic) bond motifs is 1. The van der Waals surface area contributed by atoms with Crippen molar-refractivity contribution in [2.45, 2.75) is 32.7 Å². The topological polar surface area (TPSA) is 44.8 Å². The summed E-state index contributed by atoms with van der Waals surface area (Å²) in [6.45, 7) is 5.40. The molecular weight excluding hydrogens is 208 g/mol. The number of carbonyl (C=O) groups is 1. The van der Waals surface area contributed by atoms with E-state index in [-0.39, 0.29) is 0 Å². The summed E-state index contributed by atoms with van der Waals surface area (Å²) in [7, 11) is 0. The number of para-hydroxylation sites is 2. The highest BCUT2D eigenvalue weighted by Crippen LogP contribution is 2.34. The van der Waals surface area contributed by atoms with Crippen molar-refractivity contribution in [1.29, 1.82) is 0 Å². The highest BCUT2D eigenvalue weighted by atomic mass is 16.7. The first kappa shape index (κ1) is 10.8. The van der Waals surface area contributed by atoms with Crippen molar-refractivity contribution >= 4 is 5.97 Å². The number of benzene rings is 1. The molecule has 0 radical (unpaired) electrons. The van der Waals surface area contributed by atoms with Crippen LogP contribution in [0.25, 0.3) is 0 Å². The van der Waals surface area contributed by atoms with Gasteiger partial charge in [-0.15, -0.1) is 0 Å². The summed E-state index contributed by atoms with van der Waals surface area (Å²) in [5.74, 6) is 0.625. The van der Waals surface area contributed by atoms with Crippen molar-refractivity contribution in [1.82, 2.24) is 0 Å². The molecule has 1 aliphatic rings. The Kier molecular flexibility index (Phi) is 2.50. The van der Waals surface area contributed by atoms with Gasteiger partial charge in [0.15, 0.2) is 11.5 Å². The van der Waals surface area contributed by atoms with E-state index in [4.69, 9.17) is 14.2 Å². The molecule has 1 aromatic carbocycles. The SMILES string of the molecule is CC(C)(C)OC(=O)C1Oc2ccccc2O1. The maximum absolute atomic E-state index is 11.7. The molecule has 1 aliphatic heterocycles. The van der Waals surface area contributed by atoms with Crippen LogP contribution in [-0.2, 0) is 9.53 Å². The molecule has 0 saturated heterocycles. The minimum atomic E-state index is -0.989. The molecule has 0 aromatic heterocycles. The molecule has 16 heavy (non-hydrogen) atoms. The summed E-state index contributed by atoms with van der Waals surface area (Å²) in [6, 6.07) is 7.14. The summed E-state index contributed by atoms with van der Waals surface area (Å²) < 4.78 is 15.8. The number of esters is 1. The van der Waals surface area contributed by atoms with Crippen LogP contribution in [0.3, 0.4) is 0 Å². The predicted molar refractivity (Wildman–Crippen MR) is 57.3 cm³/mol. The molecule has 0 spiro atoms. The maximum atomic E-state index is 11.7. The maximum Gasteiger partial charge on any atom is 0.390 e. The fourth-order valence-electron chi connectivity index (χ4n) is 1.35. The molecule has 0 amide bonds. The van der Waals surface area contributed by atoms with Crippen LogP contribution in [0.1, 0.15) is 20.8 Å². The van der Waals surface area contributed by atoms with Crippen molar-refractivity contribution in [3.8, 4) is 11.5 Å². The van der Waals surface area contributed by atoms with Gasteiger partial charge >= 0.3 is 12.3 Å². The molecule has 2 rings (SSSR count). The van der Waals surface area contributed by atoms with Crippen molar-refractivity contribution in [3.05, 3.63) is 24.3 Å². The highest BCUT2D eigenvalue weighted by molar-refractivity contribution is 5.75. The van der Waals surface area contributed by atoms with Crippen LogP contribution >= 0.6 is 0 Å². The number of ether oxygens (including phenoxy) is 3. The van der Waals surface area contributed by atoms with Crippen LogP contribution in [0.15, 0.2) is 24.3 Å². The minimum Gasteiger partial charge on any atom is -0.454 e. The first-order valence-corrected chi connectivity index (χ1v) is 5.11. The summed E-state index contributed by atoms with van der Waals surface area (Å²) in [6.07, 6.45) is -0.989. The lowest BCUT2D eigenvalue weighted by Gasteiger charge is -2.21. The Morgan fingerprint density at radius 2 is 1.69 bits per heavy atom. The molecular formula is C12H14O4. The molecule has 1 aromatic rings. The molecule has 4 nitrogen and oxygen atoms in total. The van der Waals surface area contributed by atoms with Crippen LogP contribution in [0, 0.1) is 0 Å². The minimum absolute atomic E-state index is 0.510. The fourth-order valence-corrected chi connectivity index (χ4v) is 1.35. The van der Waals surface area contributed by atoms with Gasteiger partial charge in [0.2, 0.25) is 0 Å². The largest absolute Gasteiger partial charge is 0.454 e. The number of rotatable bonds is 1. The van der Waals surface area contributed by atoms with Gasteiger partial charge in [-0.3, -0.25) is 0 Å². The third-order valence-electron chi connectivity index (χ3n) is 1.92. The molecule has 1 heterocycles. The molecule has 0 unspecified atom stereocenters. The second kappa shape index (κ2) is 3.70. The fraction of sp³-hybridized carbons (Fsp3) is 0.417. The van der Waals surface area contributed by atoms with Gasteiger partial charge in [0.25, 0.3) is 0 Å². The van der Waals surface area contributed by atoms with Crippen molar-refractivity contribution in [2.24, 2.45) is 0 Å². The van der Waals surface area contributed by atoms with Gasteiger partial charge in [-0.2, -0.15) is 0 Å². The van der Waals surface area contributed by atoms with E-state index in [2.05, 4.69) is 0 Å². The van der Waals surface area contributed by atoms with Crippen LogP contribution < -0.4 is 9.47 Å². The third kappa shape index (κ3) is 2.27. The summed E-state index contributed by atoms with van der Waals surface area (Å²) >= 11 is 0. The van der Waals surface area contributed by atoms with Gasteiger partial charge in [0.05, 0.1) is 0 Å². The monoisotopic (exact) mass is 222 g/mol. The molecule has 0 fully saturated rings. The van der Waals surface area contributed by atoms with Crippen LogP contribution in [0.4, 0.5) is 0 Å². The molecule has 86 valence electrons. The van der Waals surface area contributed by atoms with E-state index >= 15 is 0 Å². The van der Waals surface area contributed by atoms with E-state index in [1.807, 2.05) is 12.1 Å². The van der Waals surface area contributed by atoms with E-state index in [1.165, 1.54) is 0 Å². The Balaban J connectivity index is 2.04. The van der Waals surface area contributed by atoms with Gasteiger partial charge in [-0.05, 0) is 32.9 Å². The Bertz CT molecular complexity index is 381. The van der Waals surface area contributed by atoms with Gasteiger partial charge in [0, 0.05) is 0 Å². The summed E-state index contributed by atoms with van der Waals surface area (Å²) in [4.78, 5) is 11.7. The second-order valence-electron chi connectivity index (χ2n) is 4.55. The van der Waals surface area contributed by atoms with Crippen molar-refractivity contribution in [2.75, 3.05) is 0 Å². The van der Waals surface area contributed by atoms with E-state index < -0.39 is 17.9 Å². The zero-order valence-corrected chi connectivity index (χ0v) is 9.52. The Hall–Kier alpha value is -1.71. The van der Waals surface area contributed by atoms with Gasteiger partial charge in [0.1, 0.15) is 5.60 Å². The standard InChI is InChI=1S/C12H14O4/c1-12(2,3)16-10(13)11-14-8-6-4-5-7-9(8)15-11/h4-7,11H,1-3H3. The lowest BCUT2D eigenvalue weighted by molar-refractivity contribution is -0.173. The molecule has 0 bridgehead atoms. The molecule has 0 atom stereocenters. The normalized spacial score (nSPS) is 14.9. The smallest absolute Gasteiger partial charge is 0.390 e. The van der Waals surface area contributed by atoms with Crippen molar-refractivity contribution < 1.29 is 19.0 Å². The average Bonchev–Trinajstić information content (AvgIpc) is 2.58. The third-order valence-corrected chi connectivity index (χ3v) is 1.92. The van der Waals surface area contributed by atoms with Crippen LogP contribution in [-0.4, -0.2) is 17.9 Å². The molecule has 0 aliphatic carbocycles. The lowest BCUT2D eigenvalue weighted by Crippen LogP contribution is -2.36. The Morgan fingerprint density at radius 3 is 2.12 bits per heavy atom. The summed E-state index contributed by atoms with van der Waals surface area (Å²) in [5.41, 5.74) is -0.543. The quantitative estimate of drug-likeness (QED) is 0.683. The summed E-state index contributed by atoms with van der Waals surface area (Å²) in [5, 5.41) is 0. The Labute approximate surface area is 94.1 Å². The van der Waals surface area contributed by atoms with E-state index in [0.717, 1.165) is 0 Å². The molecule has 4 heteroatoms. The number of hydrogen-bond donors (Lipinski definition) is 0. The first-order chi connectivity index (χ1) is 7.46. The lowest BCUT2D eigenvalue weighted by atomic mass is 10.2. The van der Waals surface area contributed by atoms with Gasteiger partial charge < -0.3 is 14.2 Å². The van der Waals surface area contributed by atoms with E-state index in [0.29, 0.717) is 11.5 Å².